The van der Waals surface area contributed by atoms with Crippen LogP contribution in [0, 0.1) is 0 Å². The maximum absolute atomic E-state index is 13.3. The molecule has 3 aromatic carbocycles. The summed E-state index contributed by atoms with van der Waals surface area (Å²) in [5.41, 5.74) is 1.46. The van der Waals surface area contributed by atoms with Crippen LogP contribution >= 0.6 is 0 Å². The lowest BCUT2D eigenvalue weighted by Crippen LogP contribution is -2.29. The number of aromatic hydroxyl groups is 1. The van der Waals surface area contributed by atoms with Crippen molar-refractivity contribution < 1.29 is 38.8 Å². The number of phenols is 1. The number of ether oxygens (including phenoxy) is 3. The molecule has 2 N–H and O–H groups in total. The molecule has 1 aliphatic heterocycles. The third-order valence-electron chi connectivity index (χ3n) is 6.08. The molecule has 0 spiro atoms. The first kappa shape index (κ1) is 25.3. The fourth-order valence-corrected chi connectivity index (χ4v) is 4.26. The average Bonchev–Trinajstić information content (AvgIpc) is 3.18. The van der Waals surface area contributed by atoms with Crippen molar-refractivity contribution in [1.29, 1.82) is 0 Å². The molecule has 0 aliphatic carbocycles. The van der Waals surface area contributed by atoms with Crippen molar-refractivity contribution in [2.45, 2.75) is 12.5 Å². The van der Waals surface area contributed by atoms with Gasteiger partial charge in [0, 0.05) is 11.8 Å². The number of carbonyl (C=O) groups excluding carboxylic acids is 3. The van der Waals surface area contributed by atoms with Crippen molar-refractivity contribution in [3.8, 4) is 17.2 Å². The van der Waals surface area contributed by atoms with Gasteiger partial charge in [-0.25, -0.2) is 0 Å². The molecule has 3 aromatic rings. The number of hydrogen-bond acceptors (Lipinski definition) is 8. The van der Waals surface area contributed by atoms with Crippen LogP contribution < -0.4 is 14.4 Å². The summed E-state index contributed by atoms with van der Waals surface area (Å²) >= 11 is 0. The van der Waals surface area contributed by atoms with Gasteiger partial charge in [-0.2, -0.15) is 0 Å². The van der Waals surface area contributed by atoms with E-state index in [2.05, 4.69) is 0 Å². The van der Waals surface area contributed by atoms with E-state index in [0.29, 0.717) is 22.6 Å². The van der Waals surface area contributed by atoms with Gasteiger partial charge in [-0.15, -0.1) is 0 Å². The number of anilines is 1. The third kappa shape index (κ3) is 4.84. The standard InChI is InChI=1S/C28H25NO8/c1-35-20-11-12-21(22(15-20)36-2)26(32)24-25(17-5-4-6-19(30)14-17)29(28(34)27(24)33)18-9-7-16(8-10-18)13-23(31)37-3/h4-12,14-15,25,30,32H,13H2,1-3H3/b26-24-. The molecule has 1 saturated heterocycles. The number of carbonyl (C=O) groups is 3. The summed E-state index contributed by atoms with van der Waals surface area (Å²) in [6.07, 6.45) is 0.0445. The largest absolute Gasteiger partial charge is 0.508 e. The smallest absolute Gasteiger partial charge is 0.309 e. The lowest BCUT2D eigenvalue weighted by atomic mass is 9.94. The number of ketones is 1. The maximum atomic E-state index is 13.3. The number of phenolic OH excluding ortho intramolecular Hbond substituents is 1. The predicted molar refractivity (Wildman–Crippen MR) is 135 cm³/mol. The number of nitrogens with zero attached hydrogens (tertiary/aromatic N) is 1. The van der Waals surface area contributed by atoms with E-state index in [0.717, 1.165) is 0 Å². The van der Waals surface area contributed by atoms with Gasteiger partial charge in [0.25, 0.3) is 11.7 Å². The van der Waals surface area contributed by atoms with Crippen LogP contribution in [-0.4, -0.2) is 49.2 Å². The quantitative estimate of drug-likeness (QED) is 0.216. The van der Waals surface area contributed by atoms with Crippen molar-refractivity contribution >= 4 is 29.1 Å². The van der Waals surface area contributed by atoms with Crippen molar-refractivity contribution in [1.82, 2.24) is 0 Å². The van der Waals surface area contributed by atoms with Crippen molar-refractivity contribution in [3.63, 3.8) is 0 Å². The van der Waals surface area contributed by atoms with Gasteiger partial charge in [-0.3, -0.25) is 19.3 Å². The summed E-state index contributed by atoms with van der Waals surface area (Å²) in [7, 11) is 4.19. The molecule has 9 heteroatoms. The molecule has 0 aromatic heterocycles. The lowest BCUT2D eigenvalue weighted by Gasteiger charge is -2.26. The summed E-state index contributed by atoms with van der Waals surface area (Å²) in [6, 6.07) is 16.2. The number of benzene rings is 3. The fourth-order valence-electron chi connectivity index (χ4n) is 4.26. The summed E-state index contributed by atoms with van der Waals surface area (Å²) in [5.74, 6) is -1.96. The normalized spacial score (nSPS) is 16.5. The zero-order valence-electron chi connectivity index (χ0n) is 20.4. The Labute approximate surface area is 213 Å². The Morgan fingerprint density at radius 1 is 0.946 bits per heavy atom. The van der Waals surface area contributed by atoms with Crippen LogP contribution in [0.2, 0.25) is 0 Å². The SMILES string of the molecule is COC(=O)Cc1ccc(N2C(=O)C(=O)/C(=C(\O)c3ccc(OC)cc3OC)C2c2cccc(O)c2)cc1. The molecule has 1 amide bonds. The van der Waals surface area contributed by atoms with Gasteiger partial charge in [0.1, 0.15) is 23.0 Å². The van der Waals surface area contributed by atoms with Gasteiger partial charge in [0.15, 0.2) is 0 Å². The highest BCUT2D eigenvalue weighted by Crippen LogP contribution is 2.44. The van der Waals surface area contributed by atoms with E-state index in [-0.39, 0.29) is 29.1 Å². The molecule has 9 nitrogen and oxygen atoms in total. The Balaban J connectivity index is 1.88. The number of esters is 1. The molecule has 4 rings (SSSR count). The minimum Gasteiger partial charge on any atom is -0.508 e. The molecule has 1 heterocycles. The lowest BCUT2D eigenvalue weighted by molar-refractivity contribution is -0.139. The molecule has 1 atom stereocenters. The minimum atomic E-state index is -1.05. The number of rotatable bonds is 7. The Hall–Kier alpha value is -4.79. The summed E-state index contributed by atoms with van der Waals surface area (Å²) in [5, 5.41) is 21.5. The number of aliphatic hydroxyl groups excluding tert-OH is 1. The zero-order chi connectivity index (χ0) is 26.7. The first-order chi connectivity index (χ1) is 17.8. The molecule has 1 aliphatic rings. The summed E-state index contributed by atoms with van der Waals surface area (Å²) in [6.45, 7) is 0. The van der Waals surface area contributed by atoms with Gasteiger partial charge in [0.05, 0.1) is 44.9 Å². The molecular weight excluding hydrogens is 478 g/mol. The number of Topliss-reactive ketones (excluding diaryl/α,β-unsaturated/α-hetero) is 1. The van der Waals surface area contributed by atoms with E-state index >= 15 is 0 Å². The van der Waals surface area contributed by atoms with E-state index in [1.54, 1.807) is 48.5 Å². The molecule has 0 saturated carbocycles. The first-order valence-electron chi connectivity index (χ1n) is 11.3. The van der Waals surface area contributed by atoms with E-state index in [4.69, 9.17) is 14.2 Å². The average molecular weight is 504 g/mol. The zero-order valence-corrected chi connectivity index (χ0v) is 20.4. The molecule has 37 heavy (non-hydrogen) atoms. The molecule has 1 unspecified atom stereocenters. The van der Waals surface area contributed by atoms with E-state index in [1.165, 1.54) is 44.4 Å². The summed E-state index contributed by atoms with van der Waals surface area (Å²) in [4.78, 5) is 39.6. The number of hydrogen-bond donors (Lipinski definition) is 2. The van der Waals surface area contributed by atoms with Crippen LogP contribution in [-0.2, 0) is 25.5 Å². The van der Waals surface area contributed by atoms with Gasteiger partial charge < -0.3 is 24.4 Å². The van der Waals surface area contributed by atoms with Crippen LogP contribution in [0.1, 0.15) is 22.7 Å². The first-order valence-corrected chi connectivity index (χ1v) is 11.3. The summed E-state index contributed by atoms with van der Waals surface area (Å²) < 4.78 is 15.3. The van der Waals surface area contributed by atoms with Crippen LogP contribution in [0.15, 0.2) is 72.3 Å². The Morgan fingerprint density at radius 2 is 1.68 bits per heavy atom. The fraction of sp³-hybridized carbons (Fsp3) is 0.179. The van der Waals surface area contributed by atoms with Gasteiger partial charge in [-0.05, 0) is 47.5 Å². The highest BCUT2D eigenvalue weighted by atomic mass is 16.5. The molecule has 1 fully saturated rings. The maximum Gasteiger partial charge on any atom is 0.309 e. The molecule has 190 valence electrons. The Morgan fingerprint density at radius 3 is 2.30 bits per heavy atom. The van der Waals surface area contributed by atoms with Crippen molar-refractivity contribution in [3.05, 3.63) is 89.0 Å². The predicted octanol–water partition coefficient (Wildman–Crippen LogP) is 3.75. The number of aliphatic hydroxyl groups is 1. The second-order valence-electron chi connectivity index (χ2n) is 8.25. The molecule has 0 bridgehead atoms. The highest BCUT2D eigenvalue weighted by molar-refractivity contribution is 6.51. The van der Waals surface area contributed by atoms with Gasteiger partial charge in [0.2, 0.25) is 0 Å². The van der Waals surface area contributed by atoms with E-state index < -0.39 is 29.5 Å². The van der Waals surface area contributed by atoms with Crippen molar-refractivity contribution in [2.75, 3.05) is 26.2 Å². The molecular formula is C28H25NO8. The van der Waals surface area contributed by atoms with Crippen molar-refractivity contribution in [2.24, 2.45) is 0 Å². The number of amides is 1. The molecule has 0 radical (unpaired) electrons. The topological polar surface area (TPSA) is 123 Å². The van der Waals surface area contributed by atoms with E-state index in [1.807, 2.05) is 0 Å². The third-order valence-corrected chi connectivity index (χ3v) is 6.08. The Kier molecular flexibility index (Phi) is 7.15. The monoisotopic (exact) mass is 503 g/mol. The van der Waals surface area contributed by atoms with Crippen LogP contribution in [0.5, 0.6) is 17.2 Å². The Bertz CT molecular complexity index is 1390. The second-order valence-corrected chi connectivity index (χ2v) is 8.25. The highest BCUT2D eigenvalue weighted by Gasteiger charge is 2.47. The van der Waals surface area contributed by atoms with Gasteiger partial charge >= 0.3 is 5.97 Å². The van der Waals surface area contributed by atoms with E-state index in [9.17, 15) is 24.6 Å². The minimum absolute atomic E-state index is 0.0445. The van der Waals surface area contributed by atoms with Crippen LogP contribution in [0.4, 0.5) is 5.69 Å². The number of methoxy groups -OCH3 is 3. The van der Waals surface area contributed by atoms with Crippen LogP contribution in [0.3, 0.4) is 0 Å². The second kappa shape index (κ2) is 10.4. The van der Waals surface area contributed by atoms with Gasteiger partial charge in [-0.1, -0.05) is 24.3 Å². The van der Waals surface area contributed by atoms with Crippen LogP contribution in [0.25, 0.3) is 5.76 Å².